The molecule has 1 aliphatic rings. The zero-order chi connectivity index (χ0) is 24.9. The Balaban J connectivity index is 1.69. The first-order chi connectivity index (χ1) is 16.8. The zero-order valence-electron chi connectivity index (χ0n) is 19.2. The Kier molecular flexibility index (Phi) is 8.40. The molecule has 11 heteroatoms. The molecule has 3 N–H and O–H groups in total. The summed E-state index contributed by atoms with van der Waals surface area (Å²) in [5.41, 5.74) is 7.15. The molecule has 0 aliphatic carbocycles. The first-order valence-electron chi connectivity index (χ1n) is 11.3. The highest BCUT2D eigenvalue weighted by Gasteiger charge is 2.25. The normalized spacial score (nSPS) is 14.5. The number of aromatic nitrogens is 2. The second-order valence-corrected chi connectivity index (χ2v) is 9.19. The summed E-state index contributed by atoms with van der Waals surface area (Å²) < 4.78 is 1.67. The number of nitrogens with zero attached hydrogens (tertiary/aromatic N) is 4. The average Bonchev–Trinajstić information content (AvgIpc) is 3.17. The number of benzene rings is 2. The molecule has 2 aromatic carbocycles. The van der Waals surface area contributed by atoms with Crippen molar-refractivity contribution in [3.8, 4) is 16.9 Å². The highest BCUT2D eigenvalue weighted by atomic mass is 35.5. The molecule has 9 nitrogen and oxygen atoms in total. The summed E-state index contributed by atoms with van der Waals surface area (Å²) in [5, 5.41) is 24.6. The van der Waals surface area contributed by atoms with E-state index in [0.717, 1.165) is 48.3 Å². The van der Waals surface area contributed by atoms with Crippen molar-refractivity contribution in [2.75, 3.05) is 19.7 Å². The van der Waals surface area contributed by atoms with Crippen LogP contribution in [-0.2, 0) is 11.3 Å². The van der Waals surface area contributed by atoms with Gasteiger partial charge in [-0.2, -0.15) is 5.10 Å². The van der Waals surface area contributed by atoms with Gasteiger partial charge in [0.1, 0.15) is 0 Å². The Morgan fingerprint density at radius 2 is 1.83 bits per heavy atom. The van der Waals surface area contributed by atoms with Crippen molar-refractivity contribution in [2.24, 2.45) is 0 Å². The highest BCUT2D eigenvalue weighted by Crippen LogP contribution is 2.33. The number of carbonyl (C=O) groups excluding carboxylic acids is 1. The molecule has 3 aromatic rings. The molecule has 0 radical (unpaired) electrons. The van der Waals surface area contributed by atoms with Crippen molar-refractivity contribution in [3.05, 3.63) is 69.3 Å². The monoisotopic (exact) mass is 519 g/mol. The Morgan fingerprint density at radius 3 is 2.49 bits per heavy atom. The third-order valence-corrected chi connectivity index (χ3v) is 6.45. The molecular formula is C24H27Cl2N5O4. The summed E-state index contributed by atoms with van der Waals surface area (Å²) in [7, 11) is 0. The molecule has 1 aromatic heterocycles. The molecule has 35 heavy (non-hydrogen) atoms. The van der Waals surface area contributed by atoms with Crippen LogP contribution in [0.15, 0.2) is 42.5 Å². The van der Waals surface area contributed by atoms with Gasteiger partial charge in [-0.25, -0.2) is 9.69 Å². The van der Waals surface area contributed by atoms with E-state index in [9.17, 15) is 4.79 Å². The van der Waals surface area contributed by atoms with E-state index >= 15 is 0 Å². The Labute approximate surface area is 213 Å². The van der Waals surface area contributed by atoms with Crippen molar-refractivity contribution < 1.29 is 20.0 Å². The second-order valence-electron chi connectivity index (χ2n) is 8.35. The minimum atomic E-state index is -0.303. The Bertz CT molecular complexity index is 1180. The number of carbonyl (C=O) groups is 1. The molecule has 1 fully saturated rings. The summed E-state index contributed by atoms with van der Waals surface area (Å²) in [6.45, 7) is 3.60. The maximum atomic E-state index is 13.2. The summed E-state index contributed by atoms with van der Waals surface area (Å²) in [5.74, 6) is -0.263. The summed E-state index contributed by atoms with van der Waals surface area (Å²) in [6.07, 6.45) is 3.74. The summed E-state index contributed by atoms with van der Waals surface area (Å²) in [4.78, 5) is 17.8. The number of halogens is 2. The Morgan fingerprint density at radius 1 is 1.11 bits per heavy atom. The molecule has 0 saturated carbocycles. The van der Waals surface area contributed by atoms with Gasteiger partial charge in [0, 0.05) is 29.2 Å². The van der Waals surface area contributed by atoms with Gasteiger partial charge in [-0.15, -0.1) is 0 Å². The third-order valence-electron chi connectivity index (χ3n) is 5.92. The van der Waals surface area contributed by atoms with Crippen LogP contribution in [-0.4, -0.2) is 56.2 Å². The molecule has 0 spiro atoms. The predicted molar refractivity (Wildman–Crippen MR) is 132 cm³/mol. The van der Waals surface area contributed by atoms with Crippen molar-refractivity contribution in [1.82, 2.24) is 25.6 Å². The molecule has 4 rings (SSSR count). The third kappa shape index (κ3) is 6.20. The van der Waals surface area contributed by atoms with Gasteiger partial charge in [-0.3, -0.25) is 25.5 Å². The molecule has 1 saturated heterocycles. The number of hydrogen-bond acceptors (Lipinski definition) is 7. The Hall–Kier alpha value is -2.50. The number of hydrogen-bond donors (Lipinski definition) is 3. The standard InChI is InChI=1S/C24H27Cl2N5O4/c1-16-22(24(32)28-29-12-3-2-4-13-29)27-30(21-10-9-19(25)15-20(21)26)23(16)18-7-5-17(6-8-18)11-14-35-31(33)34/h5-10,15,33-34H,2-4,11-14H2,1H3,(H,28,32). The van der Waals surface area contributed by atoms with Crippen molar-refractivity contribution >= 4 is 29.1 Å². The van der Waals surface area contributed by atoms with E-state index in [1.54, 1.807) is 22.9 Å². The number of rotatable bonds is 8. The van der Waals surface area contributed by atoms with Gasteiger partial charge >= 0.3 is 0 Å². The quantitative estimate of drug-likeness (QED) is 0.366. The van der Waals surface area contributed by atoms with Gasteiger partial charge in [-0.1, -0.05) is 53.9 Å². The average molecular weight is 520 g/mol. The second kappa shape index (κ2) is 11.5. The molecular weight excluding hydrogens is 493 g/mol. The van der Waals surface area contributed by atoms with Crippen LogP contribution in [0.5, 0.6) is 0 Å². The topological polar surface area (TPSA) is 103 Å². The van der Waals surface area contributed by atoms with Gasteiger partial charge in [0.2, 0.25) is 0 Å². The first kappa shape index (κ1) is 25.6. The van der Waals surface area contributed by atoms with E-state index in [1.807, 2.05) is 36.2 Å². The molecule has 1 amide bonds. The highest BCUT2D eigenvalue weighted by molar-refractivity contribution is 6.35. The fourth-order valence-corrected chi connectivity index (χ4v) is 4.64. The first-order valence-corrected chi connectivity index (χ1v) is 12.1. The van der Waals surface area contributed by atoms with Crippen LogP contribution in [0.3, 0.4) is 0 Å². The lowest BCUT2D eigenvalue weighted by molar-refractivity contribution is -0.492. The van der Waals surface area contributed by atoms with Gasteiger partial charge in [0.15, 0.2) is 5.69 Å². The van der Waals surface area contributed by atoms with E-state index < -0.39 is 0 Å². The molecule has 2 heterocycles. The van der Waals surface area contributed by atoms with Crippen LogP contribution in [0, 0.1) is 6.92 Å². The molecule has 0 atom stereocenters. The molecule has 1 aliphatic heterocycles. The number of hydrazine groups is 1. The minimum Gasteiger partial charge on any atom is -0.283 e. The number of amides is 1. The van der Waals surface area contributed by atoms with Crippen molar-refractivity contribution in [1.29, 1.82) is 0 Å². The van der Waals surface area contributed by atoms with Crippen LogP contribution in [0.2, 0.25) is 10.0 Å². The maximum absolute atomic E-state index is 13.2. The maximum Gasteiger partial charge on any atom is 0.286 e. The fraction of sp³-hybridized carbons (Fsp3) is 0.333. The van der Waals surface area contributed by atoms with Crippen molar-refractivity contribution in [2.45, 2.75) is 32.6 Å². The summed E-state index contributed by atoms with van der Waals surface area (Å²) in [6, 6.07) is 12.8. The van der Waals surface area contributed by atoms with Crippen LogP contribution >= 0.6 is 23.2 Å². The van der Waals surface area contributed by atoms with Gasteiger partial charge in [-0.05, 0) is 49.9 Å². The van der Waals surface area contributed by atoms with Crippen LogP contribution in [0.4, 0.5) is 0 Å². The van der Waals surface area contributed by atoms with E-state index in [-0.39, 0.29) is 17.9 Å². The van der Waals surface area contributed by atoms with Gasteiger partial charge < -0.3 is 0 Å². The lowest BCUT2D eigenvalue weighted by Gasteiger charge is -2.26. The zero-order valence-corrected chi connectivity index (χ0v) is 20.8. The van der Waals surface area contributed by atoms with Gasteiger partial charge in [0.25, 0.3) is 5.91 Å². The van der Waals surface area contributed by atoms with E-state index in [1.165, 1.54) is 6.42 Å². The van der Waals surface area contributed by atoms with E-state index in [4.69, 9.17) is 33.6 Å². The number of piperidine rings is 1. The number of nitrogens with one attached hydrogen (secondary N) is 1. The molecule has 0 bridgehead atoms. The molecule has 0 unspecified atom stereocenters. The fourth-order valence-electron chi connectivity index (χ4n) is 4.15. The largest absolute Gasteiger partial charge is 0.286 e. The summed E-state index contributed by atoms with van der Waals surface area (Å²) >= 11 is 12.6. The SMILES string of the molecule is Cc1c(C(=O)NN2CCCCC2)nn(-c2ccc(Cl)cc2Cl)c1-c1ccc(CCON(O)O)cc1. The van der Waals surface area contributed by atoms with Crippen LogP contribution in [0.25, 0.3) is 16.9 Å². The predicted octanol–water partition coefficient (Wildman–Crippen LogP) is 4.84. The van der Waals surface area contributed by atoms with Gasteiger partial charge in [0.05, 0.1) is 28.4 Å². The lowest BCUT2D eigenvalue weighted by Crippen LogP contribution is -2.45. The minimum absolute atomic E-state index is 0.102. The van der Waals surface area contributed by atoms with Crippen LogP contribution in [0.1, 0.15) is 40.9 Å². The van der Waals surface area contributed by atoms with Crippen molar-refractivity contribution in [3.63, 3.8) is 0 Å². The van der Waals surface area contributed by atoms with Crippen LogP contribution < -0.4 is 5.43 Å². The van der Waals surface area contributed by atoms with E-state index in [2.05, 4.69) is 15.4 Å². The van der Waals surface area contributed by atoms with E-state index in [0.29, 0.717) is 27.8 Å². The molecule has 186 valence electrons. The lowest BCUT2D eigenvalue weighted by atomic mass is 10.0. The smallest absolute Gasteiger partial charge is 0.283 e.